The van der Waals surface area contributed by atoms with Crippen molar-refractivity contribution in [2.75, 3.05) is 16.3 Å². The normalized spacial score (nSPS) is 11.5. The number of nitrogens with one attached hydrogen (secondary N) is 3. The van der Waals surface area contributed by atoms with Crippen LogP contribution in [-0.4, -0.2) is 30.5 Å². The fourth-order valence-corrected chi connectivity index (χ4v) is 4.44. The number of anilines is 2. The van der Waals surface area contributed by atoms with Gasteiger partial charge in [0.05, 0.1) is 17.7 Å². The zero-order valence-electron chi connectivity index (χ0n) is 15.5. The van der Waals surface area contributed by atoms with E-state index in [0.29, 0.717) is 5.69 Å². The first-order valence-corrected chi connectivity index (χ1v) is 11.5. The summed E-state index contributed by atoms with van der Waals surface area (Å²) in [6.07, 6.45) is 4.88. The van der Waals surface area contributed by atoms with E-state index >= 15 is 0 Å². The van der Waals surface area contributed by atoms with Crippen molar-refractivity contribution in [1.29, 1.82) is 0 Å². The van der Waals surface area contributed by atoms with Crippen LogP contribution in [0.5, 0.6) is 0 Å². The molecule has 0 unspecified atom stereocenters. The third-order valence-electron chi connectivity index (χ3n) is 4.22. The third kappa shape index (κ3) is 4.64. The molecule has 0 fully saturated rings. The zero-order valence-corrected chi connectivity index (χ0v) is 17.1. The Bertz CT molecular complexity index is 1290. The van der Waals surface area contributed by atoms with E-state index in [4.69, 9.17) is 0 Å². The molecule has 3 heterocycles. The summed E-state index contributed by atoms with van der Waals surface area (Å²) in [6.45, 7) is 0. The molecular weight excluding hydrogens is 408 g/mol. The van der Waals surface area contributed by atoms with Crippen molar-refractivity contribution in [2.24, 2.45) is 0 Å². The lowest BCUT2D eigenvalue weighted by Gasteiger charge is -2.07. The number of nitrogens with zero attached hydrogens (tertiary/aromatic N) is 1. The number of carbonyl (C=O) groups is 1. The lowest BCUT2D eigenvalue weighted by molar-refractivity contribution is -0.115. The second kappa shape index (κ2) is 7.69. The maximum absolute atomic E-state index is 12.4. The predicted molar refractivity (Wildman–Crippen MR) is 117 cm³/mol. The molecule has 0 radical (unpaired) electrons. The Morgan fingerprint density at radius 3 is 2.90 bits per heavy atom. The van der Waals surface area contributed by atoms with Gasteiger partial charge in [0, 0.05) is 34.4 Å². The van der Waals surface area contributed by atoms with Gasteiger partial charge in [0.25, 0.3) is 0 Å². The molecule has 3 aromatic heterocycles. The van der Waals surface area contributed by atoms with Crippen LogP contribution in [0, 0.1) is 0 Å². The molecule has 0 saturated heterocycles. The minimum Gasteiger partial charge on any atom is -0.346 e. The first-order valence-electron chi connectivity index (χ1n) is 8.75. The van der Waals surface area contributed by atoms with Crippen LogP contribution in [0.25, 0.3) is 22.2 Å². The lowest BCUT2D eigenvalue weighted by atomic mass is 10.1. The maximum Gasteiger partial charge on any atom is 0.229 e. The zero-order chi connectivity index (χ0) is 20.4. The molecule has 148 valence electrons. The number of thiophene rings is 1. The number of aromatic amines is 1. The van der Waals surface area contributed by atoms with E-state index in [1.807, 2.05) is 29.8 Å². The van der Waals surface area contributed by atoms with Gasteiger partial charge >= 0.3 is 0 Å². The number of fused-ring (bicyclic) bond motifs is 1. The number of pyridine rings is 1. The highest BCUT2D eigenvalue weighted by Crippen LogP contribution is 2.33. The highest BCUT2D eigenvalue weighted by molar-refractivity contribution is 7.92. The minimum atomic E-state index is -3.36. The number of aromatic nitrogens is 2. The topological polar surface area (TPSA) is 104 Å². The summed E-state index contributed by atoms with van der Waals surface area (Å²) in [5, 5.41) is 6.66. The van der Waals surface area contributed by atoms with E-state index in [1.165, 1.54) is 11.3 Å². The number of carbonyl (C=O) groups excluding carboxylic acids is 1. The fourth-order valence-electron chi connectivity index (χ4n) is 3.06. The summed E-state index contributed by atoms with van der Waals surface area (Å²) in [5.74, 6) is -0.171. The first-order chi connectivity index (χ1) is 13.9. The van der Waals surface area contributed by atoms with Gasteiger partial charge in [0.15, 0.2) is 0 Å². The molecule has 1 amide bonds. The van der Waals surface area contributed by atoms with E-state index in [-0.39, 0.29) is 12.3 Å². The Labute approximate surface area is 171 Å². The standard InChI is InChI=1S/C20H18N4O3S2/c1-29(26,27)24-15-5-2-4-13(8-15)9-18(25)23-19-10-14(12-28-19)17-11-22-20-16(17)6-3-7-21-20/h2-8,10-12,24H,9H2,1H3,(H,21,22)(H,23,25). The maximum atomic E-state index is 12.4. The summed E-state index contributed by atoms with van der Waals surface area (Å²) in [5.41, 5.74) is 4.01. The SMILES string of the molecule is CS(=O)(=O)Nc1cccc(CC(=O)Nc2cc(-c3c[nH]c4ncccc34)cs2)c1. The second-order valence-corrected chi connectivity index (χ2v) is 9.26. The van der Waals surface area contributed by atoms with E-state index in [1.54, 1.807) is 30.5 Å². The average molecular weight is 427 g/mol. The number of amides is 1. The molecule has 9 heteroatoms. The van der Waals surface area contributed by atoms with Crippen LogP contribution in [-0.2, 0) is 21.2 Å². The van der Waals surface area contributed by atoms with Crippen LogP contribution >= 0.6 is 11.3 Å². The predicted octanol–water partition coefficient (Wildman–Crippen LogP) is 3.84. The molecule has 1 aromatic carbocycles. The van der Waals surface area contributed by atoms with Gasteiger partial charge in [0.1, 0.15) is 5.65 Å². The number of hydrogen-bond acceptors (Lipinski definition) is 5. The average Bonchev–Trinajstić information content (AvgIpc) is 3.27. The fraction of sp³-hybridized carbons (Fsp3) is 0.100. The Morgan fingerprint density at radius 2 is 2.07 bits per heavy atom. The molecule has 0 saturated carbocycles. The molecule has 0 spiro atoms. The quantitative estimate of drug-likeness (QED) is 0.436. The van der Waals surface area contributed by atoms with Crippen molar-refractivity contribution < 1.29 is 13.2 Å². The Balaban J connectivity index is 1.45. The highest BCUT2D eigenvalue weighted by atomic mass is 32.2. The molecule has 4 rings (SSSR count). The van der Waals surface area contributed by atoms with Crippen LogP contribution in [0.15, 0.2) is 60.2 Å². The van der Waals surface area contributed by atoms with Gasteiger partial charge in [-0.2, -0.15) is 0 Å². The largest absolute Gasteiger partial charge is 0.346 e. The monoisotopic (exact) mass is 426 g/mol. The van der Waals surface area contributed by atoms with Crippen molar-refractivity contribution in [3.05, 3.63) is 65.8 Å². The van der Waals surface area contributed by atoms with Crippen LogP contribution < -0.4 is 10.0 Å². The lowest BCUT2D eigenvalue weighted by Crippen LogP contribution is -2.14. The Kier molecular flexibility index (Phi) is 5.08. The highest BCUT2D eigenvalue weighted by Gasteiger charge is 2.11. The van der Waals surface area contributed by atoms with Crippen molar-refractivity contribution in [1.82, 2.24) is 9.97 Å². The van der Waals surface area contributed by atoms with E-state index in [0.717, 1.165) is 39.0 Å². The number of rotatable bonds is 6. The van der Waals surface area contributed by atoms with Crippen molar-refractivity contribution in [3.63, 3.8) is 0 Å². The van der Waals surface area contributed by atoms with Gasteiger partial charge in [-0.3, -0.25) is 9.52 Å². The third-order valence-corrected chi connectivity index (χ3v) is 5.67. The minimum absolute atomic E-state index is 0.142. The van der Waals surface area contributed by atoms with Gasteiger partial charge in [-0.05, 0) is 41.5 Å². The van der Waals surface area contributed by atoms with Crippen LogP contribution in [0.4, 0.5) is 10.7 Å². The molecule has 0 aliphatic carbocycles. The summed E-state index contributed by atoms with van der Waals surface area (Å²) >= 11 is 1.45. The molecule has 0 aliphatic rings. The van der Waals surface area contributed by atoms with E-state index < -0.39 is 10.0 Å². The van der Waals surface area contributed by atoms with E-state index in [2.05, 4.69) is 20.0 Å². The van der Waals surface area contributed by atoms with Crippen molar-refractivity contribution in [2.45, 2.75) is 6.42 Å². The molecule has 29 heavy (non-hydrogen) atoms. The van der Waals surface area contributed by atoms with Crippen LogP contribution in [0.1, 0.15) is 5.56 Å². The van der Waals surface area contributed by atoms with Crippen molar-refractivity contribution in [3.8, 4) is 11.1 Å². The summed E-state index contributed by atoms with van der Waals surface area (Å²) < 4.78 is 25.1. The van der Waals surface area contributed by atoms with E-state index in [9.17, 15) is 13.2 Å². The second-order valence-electron chi connectivity index (χ2n) is 6.60. The summed E-state index contributed by atoms with van der Waals surface area (Å²) in [4.78, 5) is 19.9. The molecule has 0 atom stereocenters. The number of H-pyrrole nitrogens is 1. The van der Waals surface area contributed by atoms with Gasteiger partial charge < -0.3 is 10.3 Å². The molecule has 7 nitrogen and oxygen atoms in total. The molecule has 0 bridgehead atoms. The smallest absolute Gasteiger partial charge is 0.229 e. The van der Waals surface area contributed by atoms with Gasteiger partial charge in [-0.25, -0.2) is 13.4 Å². The van der Waals surface area contributed by atoms with Crippen molar-refractivity contribution >= 4 is 49.0 Å². The van der Waals surface area contributed by atoms with Gasteiger partial charge in [0.2, 0.25) is 15.9 Å². The number of hydrogen-bond donors (Lipinski definition) is 3. The first kappa shape index (κ1) is 19.2. The molecular formula is C20H18N4O3S2. The summed E-state index contributed by atoms with van der Waals surface area (Å²) in [7, 11) is -3.36. The Hall–Kier alpha value is -3.17. The van der Waals surface area contributed by atoms with Crippen LogP contribution in [0.3, 0.4) is 0 Å². The van der Waals surface area contributed by atoms with Gasteiger partial charge in [-0.15, -0.1) is 11.3 Å². The number of sulfonamides is 1. The number of benzene rings is 1. The molecule has 4 aromatic rings. The van der Waals surface area contributed by atoms with Crippen LogP contribution in [0.2, 0.25) is 0 Å². The molecule has 0 aliphatic heterocycles. The summed E-state index contributed by atoms with van der Waals surface area (Å²) in [6, 6.07) is 12.6. The van der Waals surface area contributed by atoms with Gasteiger partial charge in [-0.1, -0.05) is 12.1 Å². The molecule has 3 N–H and O–H groups in total. The Morgan fingerprint density at radius 1 is 1.21 bits per heavy atom.